The van der Waals surface area contributed by atoms with Crippen LogP contribution in [0.25, 0.3) is 0 Å². The van der Waals surface area contributed by atoms with E-state index in [-0.39, 0.29) is 29.1 Å². The van der Waals surface area contributed by atoms with E-state index >= 15 is 0 Å². The first-order valence-electron chi connectivity index (χ1n) is 13.7. The van der Waals surface area contributed by atoms with Gasteiger partial charge in [-0.1, -0.05) is 48.9 Å². The van der Waals surface area contributed by atoms with Crippen molar-refractivity contribution in [3.63, 3.8) is 0 Å². The van der Waals surface area contributed by atoms with E-state index in [0.29, 0.717) is 23.8 Å². The van der Waals surface area contributed by atoms with Crippen LogP contribution >= 0.6 is 11.6 Å². The van der Waals surface area contributed by atoms with E-state index in [9.17, 15) is 18.0 Å². The van der Waals surface area contributed by atoms with E-state index in [1.807, 2.05) is 51.1 Å². The summed E-state index contributed by atoms with van der Waals surface area (Å²) in [4.78, 5) is 28.5. The Bertz CT molecular complexity index is 1380. The molecule has 0 fully saturated rings. The Hall–Kier alpha value is -3.56. The number of hydrogen-bond acceptors (Lipinski definition) is 5. The van der Waals surface area contributed by atoms with Crippen molar-refractivity contribution in [2.45, 2.75) is 57.5 Å². The number of nitrogens with one attached hydrogen (secondary N) is 1. The smallest absolute Gasteiger partial charge is 0.264 e. The van der Waals surface area contributed by atoms with Crippen LogP contribution in [0.4, 0.5) is 5.69 Å². The fourth-order valence-electron chi connectivity index (χ4n) is 4.17. The minimum atomic E-state index is -4.17. The average Bonchev–Trinajstić information content (AvgIpc) is 2.97. The van der Waals surface area contributed by atoms with Crippen molar-refractivity contribution in [2.75, 3.05) is 24.0 Å². The molecule has 0 aliphatic heterocycles. The Morgan fingerprint density at radius 2 is 1.56 bits per heavy atom. The number of rotatable bonds is 14. The van der Waals surface area contributed by atoms with Crippen molar-refractivity contribution >= 4 is 39.1 Å². The van der Waals surface area contributed by atoms with Gasteiger partial charge in [-0.25, -0.2) is 8.42 Å². The Morgan fingerprint density at radius 3 is 2.15 bits per heavy atom. The third-order valence-electron chi connectivity index (χ3n) is 6.77. The van der Waals surface area contributed by atoms with Crippen LogP contribution in [0, 0.1) is 0 Å². The normalized spacial score (nSPS) is 12.7. The van der Waals surface area contributed by atoms with Gasteiger partial charge in [0.2, 0.25) is 11.8 Å². The molecule has 1 N–H and O–H groups in total. The fraction of sp³-hybridized carbons (Fsp3) is 0.355. The number of carbonyl (C=O) groups is 2. The molecule has 0 bridgehead atoms. The molecule has 0 radical (unpaired) electrons. The summed E-state index contributed by atoms with van der Waals surface area (Å²) in [7, 11) is -4.17. The molecule has 0 unspecified atom stereocenters. The summed E-state index contributed by atoms with van der Waals surface area (Å²) >= 11 is 6.01. The summed E-state index contributed by atoms with van der Waals surface area (Å²) in [5, 5.41) is 3.33. The van der Waals surface area contributed by atoms with Crippen LogP contribution in [0.2, 0.25) is 5.02 Å². The number of carbonyl (C=O) groups excluding carboxylic acids is 2. The molecule has 3 aromatic carbocycles. The fourth-order valence-corrected chi connectivity index (χ4v) is 5.71. The molecule has 0 aromatic heterocycles. The van der Waals surface area contributed by atoms with Gasteiger partial charge in [-0.15, -0.1) is 0 Å². The van der Waals surface area contributed by atoms with Gasteiger partial charge in [0.05, 0.1) is 17.2 Å². The summed E-state index contributed by atoms with van der Waals surface area (Å²) in [5.74, 6) is -0.223. The zero-order valence-electron chi connectivity index (χ0n) is 23.9. The first-order chi connectivity index (χ1) is 19.6. The molecule has 2 atom stereocenters. The second-order valence-corrected chi connectivity index (χ2v) is 12.0. The van der Waals surface area contributed by atoms with Gasteiger partial charge in [0, 0.05) is 17.6 Å². The first-order valence-corrected chi connectivity index (χ1v) is 15.5. The molecule has 3 aromatic rings. The van der Waals surface area contributed by atoms with E-state index in [1.54, 1.807) is 31.2 Å². The topological polar surface area (TPSA) is 96.0 Å². The SMILES string of the molecule is CCOc1ccc(N(CC(=O)N(CCc2ccccc2)[C@H](C)C(=O)N[C@@H](C)CC)S(=O)(=O)c2ccc(Cl)cc2)cc1. The lowest BCUT2D eigenvalue weighted by atomic mass is 10.1. The average molecular weight is 600 g/mol. The number of sulfonamides is 1. The van der Waals surface area contributed by atoms with E-state index in [1.165, 1.54) is 29.2 Å². The monoisotopic (exact) mass is 599 g/mol. The standard InChI is InChI=1S/C31H38ClN3O5S/c1-5-23(3)33-31(37)24(4)34(21-20-25-10-8-7-9-11-25)30(36)22-35(27-14-16-28(17-15-27)40-6-2)41(38,39)29-18-12-26(32)13-19-29/h7-19,23-24H,5-6,20-22H2,1-4H3,(H,33,37)/t23-,24+/m0/s1. The van der Waals surface area contributed by atoms with E-state index in [2.05, 4.69) is 5.32 Å². The van der Waals surface area contributed by atoms with Crippen molar-refractivity contribution < 1.29 is 22.7 Å². The maximum atomic E-state index is 13.9. The highest BCUT2D eigenvalue weighted by Crippen LogP contribution is 2.27. The predicted octanol–water partition coefficient (Wildman–Crippen LogP) is 5.31. The van der Waals surface area contributed by atoms with E-state index < -0.39 is 28.5 Å². The molecule has 0 saturated heterocycles. The van der Waals surface area contributed by atoms with Crippen LogP contribution in [0.15, 0.2) is 83.8 Å². The Balaban J connectivity index is 1.98. The quantitative estimate of drug-likeness (QED) is 0.271. The number of ether oxygens (including phenoxy) is 1. The molecule has 41 heavy (non-hydrogen) atoms. The van der Waals surface area contributed by atoms with Gasteiger partial charge in [0.25, 0.3) is 10.0 Å². The molecule has 2 amide bonds. The second kappa shape index (κ2) is 14.9. The minimum absolute atomic E-state index is 0.0121. The number of anilines is 1. The molecule has 3 rings (SSSR count). The van der Waals surface area contributed by atoms with Crippen molar-refractivity contribution in [1.29, 1.82) is 0 Å². The maximum absolute atomic E-state index is 13.9. The summed E-state index contributed by atoms with van der Waals surface area (Å²) in [6.07, 6.45) is 1.24. The van der Waals surface area contributed by atoms with Crippen LogP contribution < -0.4 is 14.4 Å². The number of hydrogen-bond donors (Lipinski definition) is 1. The number of amides is 2. The summed E-state index contributed by atoms with van der Waals surface area (Å²) in [6.45, 7) is 7.56. The molecule has 0 saturated carbocycles. The maximum Gasteiger partial charge on any atom is 0.264 e. The summed E-state index contributed by atoms with van der Waals surface area (Å²) in [5.41, 5.74) is 1.29. The third kappa shape index (κ3) is 8.71. The van der Waals surface area contributed by atoms with Crippen LogP contribution in [-0.2, 0) is 26.0 Å². The number of nitrogens with zero attached hydrogens (tertiary/aromatic N) is 2. The van der Waals surface area contributed by atoms with Crippen LogP contribution in [0.3, 0.4) is 0 Å². The van der Waals surface area contributed by atoms with Crippen LogP contribution in [0.5, 0.6) is 5.75 Å². The van der Waals surface area contributed by atoms with Gasteiger partial charge in [-0.05, 0) is 87.7 Å². The summed E-state index contributed by atoms with van der Waals surface area (Å²) in [6, 6.07) is 21.0. The molecule has 8 nitrogen and oxygen atoms in total. The largest absolute Gasteiger partial charge is 0.494 e. The van der Waals surface area contributed by atoms with Gasteiger partial charge in [0.15, 0.2) is 0 Å². The minimum Gasteiger partial charge on any atom is -0.494 e. The Kier molecular flexibility index (Phi) is 11.6. The zero-order chi connectivity index (χ0) is 30.0. The molecular weight excluding hydrogens is 562 g/mol. The molecule has 0 spiro atoms. The van der Waals surface area contributed by atoms with Gasteiger partial charge < -0.3 is 15.0 Å². The van der Waals surface area contributed by atoms with Gasteiger partial charge in [-0.2, -0.15) is 0 Å². The van der Waals surface area contributed by atoms with Crippen molar-refractivity contribution in [3.8, 4) is 5.75 Å². The Labute approximate surface area is 248 Å². The highest BCUT2D eigenvalue weighted by molar-refractivity contribution is 7.92. The Morgan fingerprint density at radius 1 is 0.927 bits per heavy atom. The second-order valence-electron chi connectivity index (χ2n) is 9.71. The molecule has 0 heterocycles. The lowest BCUT2D eigenvalue weighted by Crippen LogP contribution is -2.53. The lowest BCUT2D eigenvalue weighted by Gasteiger charge is -2.32. The highest BCUT2D eigenvalue weighted by Gasteiger charge is 2.32. The van der Waals surface area contributed by atoms with Crippen LogP contribution in [-0.4, -0.2) is 56.9 Å². The number of halogens is 1. The van der Waals surface area contributed by atoms with Crippen molar-refractivity contribution in [3.05, 3.63) is 89.4 Å². The molecule has 0 aliphatic rings. The number of benzene rings is 3. The third-order valence-corrected chi connectivity index (χ3v) is 8.81. The predicted molar refractivity (Wildman–Crippen MR) is 163 cm³/mol. The molecule has 0 aliphatic carbocycles. The molecule has 220 valence electrons. The van der Waals surface area contributed by atoms with Crippen molar-refractivity contribution in [1.82, 2.24) is 10.2 Å². The van der Waals surface area contributed by atoms with Gasteiger partial charge >= 0.3 is 0 Å². The highest BCUT2D eigenvalue weighted by atomic mass is 35.5. The van der Waals surface area contributed by atoms with E-state index in [0.717, 1.165) is 16.3 Å². The summed E-state index contributed by atoms with van der Waals surface area (Å²) < 4.78 is 34.3. The van der Waals surface area contributed by atoms with Gasteiger partial charge in [0.1, 0.15) is 18.3 Å². The lowest BCUT2D eigenvalue weighted by molar-refractivity contribution is -0.139. The van der Waals surface area contributed by atoms with Gasteiger partial charge in [-0.3, -0.25) is 13.9 Å². The van der Waals surface area contributed by atoms with Crippen LogP contribution in [0.1, 0.15) is 39.7 Å². The molecular formula is C31H38ClN3O5S. The van der Waals surface area contributed by atoms with E-state index in [4.69, 9.17) is 16.3 Å². The van der Waals surface area contributed by atoms with Crippen molar-refractivity contribution in [2.24, 2.45) is 0 Å². The zero-order valence-corrected chi connectivity index (χ0v) is 25.5. The molecule has 10 heteroatoms. The first kappa shape index (κ1) is 32.0.